The first-order chi connectivity index (χ1) is 15.1. The quantitative estimate of drug-likeness (QED) is 0.527. The molecule has 2 rings (SSSR count). The molecular formula is C26H37NO5. The maximum atomic E-state index is 11.9. The van der Waals surface area contributed by atoms with Crippen molar-refractivity contribution in [2.24, 2.45) is 5.92 Å². The van der Waals surface area contributed by atoms with Gasteiger partial charge < -0.3 is 19.9 Å². The van der Waals surface area contributed by atoms with Crippen molar-refractivity contribution in [1.82, 2.24) is 5.32 Å². The lowest BCUT2D eigenvalue weighted by Crippen LogP contribution is -2.36. The van der Waals surface area contributed by atoms with Crippen molar-refractivity contribution in [1.29, 1.82) is 0 Å². The maximum Gasteiger partial charge on any atom is 0.408 e. The van der Waals surface area contributed by atoms with Gasteiger partial charge in [0.1, 0.15) is 17.9 Å². The average Bonchev–Trinajstić information content (AvgIpc) is 2.72. The van der Waals surface area contributed by atoms with E-state index in [0.29, 0.717) is 11.7 Å². The highest BCUT2D eigenvalue weighted by Crippen LogP contribution is 2.19. The molecule has 0 bridgehead atoms. The third-order valence-electron chi connectivity index (χ3n) is 4.47. The largest absolute Gasteiger partial charge is 0.508 e. The van der Waals surface area contributed by atoms with Gasteiger partial charge in [0.05, 0.1) is 6.10 Å². The standard InChI is InChI=1S/C20H31NO4.C6H6O/c1-6-16(13-17-10-8-7-9-11-17)12-15(2)24-18(22)14-21-19(23)25-20(3,4)5;7-6-4-2-1-3-5-6/h7-11,15-16H,6,12-14H2,1-5H3,(H,21,23);1-5,7H. The lowest BCUT2D eigenvalue weighted by molar-refractivity contribution is -0.147. The molecule has 2 N–H and O–H groups in total. The van der Waals surface area contributed by atoms with Gasteiger partial charge in [-0.15, -0.1) is 0 Å². The Morgan fingerprint density at radius 3 is 2.03 bits per heavy atom. The number of nitrogens with one attached hydrogen (secondary N) is 1. The Labute approximate surface area is 191 Å². The van der Waals surface area contributed by atoms with Crippen LogP contribution in [0.2, 0.25) is 0 Å². The number of esters is 1. The molecule has 0 fully saturated rings. The number of para-hydroxylation sites is 1. The molecule has 0 radical (unpaired) electrons. The van der Waals surface area contributed by atoms with Gasteiger partial charge in [0.15, 0.2) is 0 Å². The predicted molar refractivity (Wildman–Crippen MR) is 126 cm³/mol. The summed E-state index contributed by atoms with van der Waals surface area (Å²) in [5.41, 5.74) is 0.701. The maximum absolute atomic E-state index is 11.9. The molecule has 0 saturated carbocycles. The second kappa shape index (κ2) is 14.1. The Balaban J connectivity index is 0.000000616. The summed E-state index contributed by atoms with van der Waals surface area (Å²) in [5.74, 6) is 0.319. The third kappa shape index (κ3) is 13.3. The highest BCUT2D eigenvalue weighted by molar-refractivity contribution is 5.78. The van der Waals surface area contributed by atoms with Gasteiger partial charge in [-0.1, -0.05) is 61.9 Å². The van der Waals surface area contributed by atoms with Gasteiger partial charge in [-0.05, 0) is 64.2 Å². The van der Waals surface area contributed by atoms with Crippen LogP contribution >= 0.6 is 0 Å². The van der Waals surface area contributed by atoms with Crippen molar-refractivity contribution in [3.8, 4) is 5.75 Å². The smallest absolute Gasteiger partial charge is 0.408 e. The highest BCUT2D eigenvalue weighted by atomic mass is 16.6. The van der Waals surface area contributed by atoms with Crippen molar-refractivity contribution >= 4 is 12.1 Å². The molecule has 0 aliphatic heterocycles. The number of ether oxygens (including phenoxy) is 2. The Hall–Kier alpha value is -3.02. The highest BCUT2D eigenvalue weighted by Gasteiger charge is 2.19. The Morgan fingerprint density at radius 1 is 1.00 bits per heavy atom. The molecule has 32 heavy (non-hydrogen) atoms. The van der Waals surface area contributed by atoms with Gasteiger partial charge in [-0.25, -0.2) is 4.79 Å². The minimum Gasteiger partial charge on any atom is -0.508 e. The first-order valence-electron chi connectivity index (χ1n) is 11.0. The molecule has 1 amide bonds. The van der Waals surface area contributed by atoms with Crippen molar-refractivity contribution < 1.29 is 24.2 Å². The Bertz CT molecular complexity index is 787. The molecule has 2 unspecified atom stereocenters. The summed E-state index contributed by atoms with van der Waals surface area (Å²) in [5, 5.41) is 11.0. The van der Waals surface area contributed by atoms with E-state index >= 15 is 0 Å². The molecular weight excluding hydrogens is 406 g/mol. The summed E-state index contributed by atoms with van der Waals surface area (Å²) in [7, 11) is 0. The van der Waals surface area contributed by atoms with Gasteiger partial charge in [-0.3, -0.25) is 4.79 Å². The molecule has 0 spiro atoms. The number of carbonyl (C=O) groups is 2. The number of phenols is 1. The number of hydrogen-bond donors (Lipinski definition) is 2. The fourth-order valence-corrected chi connectivity index (χ4v) is 3.01. The number of rotatable bonds is 8. The van der Waals surface area contributed by atoms with Crippen LogP contribution in [-0.4, -0.2) is 35.4 Å². The van der Waals surface area contributed by atoms with Gasteiger partial charge in [0.2, 0.25) is 0 Å². The molecule has 2 atom stereocenters. The molecule has 0 aliphatic rings. The fraction of sp³-hybridized carbons (Fsp3) is 0.462. The van der Waals surface area contributed by atoms with Crippen LogP contribution in [0.15, 0.2) is 60.7 Å². The average molecular weight is 444 g/mol. The summed E-state index contributed by atoms with van der Waals surface area (Å²) < 4.78 is 10.5. The minimum atomic E-state index is -0.618. The topological polar surface area (TPSA) is 84.9 Å². The van der Waals surface area contributed by atoms with Crippen LogP contribution in [-0.2, 0) is 20.7 Å². The zero-order chi connectivity index (χ0) is 24.0. The van der Waals surface area contributed by atoms with E-state index in [1.165, 1.54) is 5.56 Å². The summed E-state index contributed by atoms with van der Waals surface area (Å²) in [4.78, 5) is 23.4. The Morgan fingerprint density at radius 2 is 1.56 bits per heavy atom. The summed E-state index contributed by atoms with van der Waals surface area (Å²) >= 11 is 0. The molecule has 0 saturated heterocycles. The van der Waals surface area contributed by atoms with Crippen LogP contribution in [0.5, 0.6) is 5.75 Å². The molecule has 6 heteroatoms. The van der Waals surface area contributed by atoms with Crippen molar-refractivity contribution in [3.05, 3.63) is 66.2 Å². The normalized spacial score (nSPS) is 12.5. The first kappa shape index (κ1) is 27.0. The minimum absolute atomic E-state index is 0.186. The second-order valence-corrected chi connectivity index (χ2v) is 8.69. The number of benzene rings is 2. The number of carbonyl (C=O) groups excluding carboxylic acids is 2. The molecule has 0 aromatic heterocycles. The lowest BCUT2D eigenvalue weighted by Gasteiger charge is -2.21. The fourth-order valence-electron chi connectivity index (χ4n) is 3.01. The van der Waals surface area contributed by atoms with E-state index < -0.39 is 17.7 Å². The zero-order valence-corrected chi connectivity index (χ0v) is 19.8. The summed E-state index contributed by atoms with van der Waals surface area (Å²) in [6.45, 7) is 9.15. The van der Waals surface area contributed by atoms with Crippen LogP contribution in [0.1, 0.15) is 53.0 Å². The summed E-state index contributed by atoms with van der Waals surface area (Å²) in [6, 6.07) is 19.0. The van der Waals surface area contributed by atoms with Crippen molar-refractivity contribution in [3.63, 3.8) is 0 Å². The molecule has 0 heterocycles. The van der Waals surface area contributed by atoms with Crippen molar-refractivity contribution in [2.75, 3.05) is 6.54 Å². The monoisotopic (exact) mass is 443 g/mol. The van der Waals surface area contributed by atoms with E-state index in [2.05, 4.69) is 24.4 Å². The predicted octanol–water partition coefficient (Wildman–Crippen LogP) is 5.49. The third-order valence-corrected chi connectivity index (χ3v) is 4.47. The number of aromatic hydroxyl groups is 1. The number of phenolic OH excluding ortho intramolecular Hbond substituents is 1. The van der Waals surface area contributed by atoms with E-state index in [0.717, 1.165) is 19.3 Å². The number of hydrogen-bond acceptors (Lipinski definition) is 5. The molecule has 6 nitrogen and oxygen atoms in total. The SMILES string of the molecule is CCC(Cc1ccccc1)CC(C)OC(=O)CNC(=O)OC(C)(C)C.Oc1ccccc1. The first-order valence-corrected chi connectivity index (χ1v) is 11.0. The zero-order valence-electron chi connectivity index (χ0n) is 19.8. The van der Waals surface area contributed by atoms with E-state index in [1.807, 2.05) is 31.2 Å². The second-order valence-electron chi connectivity index (χ2n) is 8.69. The van der Waals surface area contributed by atoms with Gasteiger partial charge in [0, 0.05) is 0 Å². The molecule has 0 aliphatic carbocycles. The van der Waals surface area contributed by atoms with Gasteiger partial charge in [-0.2, -0.15) is 0 Å². The van der Waals surface area contributed by atoms with Crippen LogP contribution in [0.4, 0.5) is 4.79 Å². The number of amides is 1. The van der Waals surface area contributed by atoms with Crippen LogP contribution < -0.4 is 5.32 Å². The summed E-state index contributed by atoms with van der Waals surface area (Å²) in [6.07, 6.45) is 1.97. The molecule has 176 valence electrons. The van der Waals surface area contributed by atoms with E-state index in [4.69, 9.17) is 14.6 Å². The number of alkyl carbamates (subject to hydrolysis) is 1. The van der Waals surface area contributed by atoms with Gasteiger partial charge >= 0.3 is 12.1 Å². The van der Waals surface area contributed by atoms with E-state index in [9.17, 15) is 9.59 Å². The lowest BCUT2D eigenvalue weighted by atomic mass is 9.92. The van der Waals surface area contributed by atoms with E-state index in [-0.39, 0.29) is 12.6 Å². The molecule has 2 aromatic rings. The Kier molecular flexibility index (Phi) is 11.9. The van der Waals surface area contributed by atoms with Crippen molar-refractivity contribution in [2.45, 2.75) is 65.6 Å². The van der Waals surface area contributed by atoms with Crippen LogP contribution in [0, 0.1) is 5.92 Å². The molecule has 2 aromatic carbocycles. The van der Waals surface area contributed by atoms with Crippen LogP contribution in [0.3, 0.4) is 0 Å². The van der Waals surface area contributed by atoms with E-state index in [1.54, 1.807) is 45.0 Å². The van der Waals surface area contributed by atoms with Gasteiger partial charge in [0.25, 0.3) is 0 Å². The van der Waals surface area contributed by atoms with Crippen LogP contribution in [0.25, 0.3) is 0 Å².